The van der Waals surface area contributed by atoms with Gasteiger partial charge in [-0.15, -0.1) is 0 Å². The first-order valence-corrected chi connectivity index (χ1v) is 6.06. The van der Waals surface area contributed by atoms with E-state index in [1.807, 2.05) is 13.8 Å². The Morgan fingerprint density at radius 1 is 1.50 bits per heavy atom. The van der Waals surface area contributed by atoms with E-state index in [4.69, 9.17) is 11.0 Å². The van der Waals surface area contributed by atoms with Crippen LogP contribution in [0, 0.1) is 17.2 Å². The van der Waals surface area contributed by atoms with Gasteiger partial charge in [-0.25, -0.2) is 0 Å². The largest absolute Gasteiger partial charge is 0.350 e. The Hall–Kier alpha value is -1.08. The molecule has 0 aromatic carbocycles. The van der Waals surface area contributed by atoms with Crippen LogP contribution < -0.4 is 11.1 Å². The van der Waals surface area contributed by atoms with E-state index < -0.39 is 5.54 Å². The molecule has 0 aliphatic heterocycles. The van der Waals surface area contributed by atoms with Gasteiger partial charge in [0.15, 0.2) is 0 Å². The van der Waals surface area contributed by atoms with Crippen LogP contribution in [0.1, 0.15) is 46.0 Å². The molecular formula is C12H21N3O. The topological polar surface area (TPSA) is 78.9 Å². The van der Waals surface area contributed by atoms with Crippen molar-refractivity contribution in [2.45, 2.75) is 57.5 Å². The van der Waals surface area contributed by atoms with Crippen LogP contribution in [-0.2, 0) is 4.79 Å². The van der Waals surface area contributed by atoms with Gasteiger partial charge in [-0.2, -0.15) is 5.26 Å². The lowest BCUT2D eigenvalue weighted by atomic mass is 9.92. The van der Waals surface area contributed by atoms with Gasteiger partial charge < -0.3 is 11.1 Å². The lowest BCUT2D eigenvalue weighted by molar-refractivity contribution is -0.127. The summed E-state index contributed by atoms with van der Waals surface area (Å²) in [7, 11) is 0. The number of carbonyl (C=O) groups excluding carboxylic acids is 1. The third-order valence-corrected chi connectivity index (χ3v) is 3.71. The zero-order valence-corrected chi connectivity index (χ0v) is 10.1. The molecule has 0 aromatic heterocycles. The number of nitrogens with two attached hydrogens (primary N) is 1. The second kappa shape index (κ2) is 5.31. The van der Waals surface area contributed by atoms with Crippen LogP contribution in [0.3, 0.4) is 0 Å². The molecule has 16 heavy (non-hydrogen) atoms. The molecule has 90 valence electrons. The van der Waals surface area contributed by atoms with Gasteiger partial charge >= 0.3 is 0 Å². The molecule has 0 aromatic rings. The lowest BCUT2D eigenvalue weighted by Crippen LogP contribution is -2.55. The molecule has 1 rings (SSSR count). The second-order valence-corrected chi connectivity index (χ2v) is 4.61. The maximum atomic E-state index is 12.0. The van der Waals surface area contributed by atoms with E-state index in [0.29, 0.717) is 12.8 Å². The summed E-state index contributed by atoms with van der Waals surface area (Å²) in [6.07, 6.45) is 4.04. The van der Waals surface area contributed by atoms with E-state index in [2.05, 4.69) is 11.4 Å². The summed E-state index contributed by atoms with van der Waals surface area (Å²) in [6, 6.07) is 2.25. The Bertz CT molecular complexity index is 291. The molecule has 0 saturated heterocycles. The number of rotatable bonds is 4. The van der Waals surface area contributed by atoms with Gasteiger partial charge in [-0.1, -0.05) is 13.8 Å². The summed E-state index contributed by atoms with van der Waals surface area (Å²) in [5, 5.41) is 11.9. The number of amides is 1. The minimum atomic E-state index is -0.775. The molecule has 2 unspecified atom stereocenters. The highest BCUT2D eigenvalue weighted by Gasteiger charge is 2.35. The highest BCUT2D eigenvalue weighted by atomic mass is 16.2. The summed E-state index contributed by atoms with van der Waals surface area (Å²) >= 11 is 0. The molecular weight excluding hydrogens is 202 g/mol. The fourth-order valence-corrected chi connectivity index (χ4v) is 2.17. The van der Waals surface area contributed by atoms with Crippen molar-refractivity contribution in [2.75, 3.05) is 0 Å². The Morgan fingerprint density at radius 2 is 2.12 bits per heavy atom. The Balaban J connectivity index is 2.61. The first-order valence-electron chi connectivity index (χ1n) is 6.06. The number of hydrogen-bond acceptors (Lipinski definition) is 3. The van der Waals surface area contributed by atoms with Gasteiger partial charge in [-0.3, -0.25) is 4.79 Å². The van der Waals surface area contributed by atoms with Crippen LogP contribution >= 0.6 is 0 Å². The summed E-state index contributed by atoms with van der Waals surface area (Å²) in [5.74, 6) is -0.147. The SMILES string of the molecule is CCC(N)(CC)C(=O)NC1CCCC1C#N. The number of nitrogens with one attached hydrogen (secondary N) is 1. The Kier molecular flexibility index (Phi) is 4.31. The van der Waals surface area contributed by atoms with Crippen molar-refractivity contribution in [3.05, 3.63) is 0 Å². The average Bonchev–Trinajstić information content (AvgIpc) is 2.75. The first-order chi connectivity index (χ1) is 7.57. The van der Waals surface area contributed by atoms with Crippen molar-refractivity contribution in [3.8, 4) is 6.07 Å². The summed E-state index contributed by atoms with van der Waals surface area (Å²) in [5.41, 5.74) is 5.23. The van der Waals surface area contributed by atoms with E-state index in [1.165, 1.54) is 0 Å². The third kappa shape index (κ3) is 2.53. The lowest BCUT2D eigenvalue weighted by Gasteiger charge is -2.28. The van der Waals surface area contributed by atoms with Crippen molar-refractivity contribution in [3.63, 3.8) is 0 Å². The standard InChI is InChI=1S/C12H21N3O/c1-3-12(14,4-2)11(16)15-10-7-5-6-9(10)8-13/h9-10H,3-7,14H2,1-2H3,(H,15,16). The fraction of sp³-hybridized carbons (Fsp3) is 0.833. The van der Waals surface area contributed by atoms with Gasteiger partial charge in [0.25, 0.3) is 0 Å². The van der Waals surface area contributed by atoms with Crippen molar-refractivity contribution in [1.29, 1.82) is 5.26 Å². The molecule has 4 heteroatoms. The highest BCUT2D eigenvalue weighted by Crippen LogP contribution is 2.25. The van der Waals surface area contributed by atoms with Crippen molar-refractivity contribution < 1.29 is 4.79 Å². The quantitative estimate of drug-likeness (QED) is 0.754. The van der Waals surface area contributed by atoms with Crippen molar-refractivity contribution in [1.82, 2.24) is 5.32 Å². The molecule has 2 atom stereocenters. The number of hydrogen-bond donors (Lipinski definition) is 2. The number of carbonyl (C=O) groups is 1. The Labute approximate surface area is 97.2 Å². The zero-order chi connectivity index (χ0) is 12.2. The van der Waals surface area contributed by atoms with E-state index in [0.717, 1.165) is 19.3 Å². The molecule has 4 nitrogen and oxygen atoms in total. The van der Waals surface area contributed by atoms with Crippen molar-refractivity contribution >= 4 is 5.91 Å². The minimum absolute atomic E-state index is 0.00137. The molecule has 1 aliphatic rings. The first kappa shape index (κ1) is 13.0. The van der Waals surface area contributed by atoms with Crippen LogP contribution in [0.25, 0.3) is 0 Å². The molecule has 0 radical (unpaired) electrons. The molecule has 1 fully saturated rings. The van der Waals surface area contributed by atoms with E-state index in [9.17, 15) is 4.79 Å². The zero-order valence-electron chi connectivity index (χ0n) is 10.1. The van der Waals surface area contributed by atoms with Gasteiger partial charge in [0, 0.05) is 6.04 Å². The van der Waals surface area contributed by atoms with Crippen LogP contribution in [0.4, 0.5) is 0 Å². The third-order valence-electron chi connectivity index (χ3n) is 3.71. The number of nitriles is 1. The Morgan fingerprint density at radius 3 is 2.62 bits per heavy atom. The van der Waals surface area contributed by atoms with Gasteiger partial charge in [0.05, 0.1) is 17.5 Å². The minimum Gasteiger partial charge on any atom is -0.350 e. The van der Waals surface area contributed by atoms with E-state index >= 15 is 0 Å². The maximum Gasteiger partial charge on any atom is 0.240 e. The fourth-order valence-electron chi connectivity index (χ4n) is 2.17. The molecule has 3 N–H and O–H groups in total. The monoisotopic (exact) mass is 223 g/mol. The van der Waals surface area contributed by atoms with E-state index in [-0.39, 0.29) is 17.9 Å². The van der Waals surface area contributed by atoms with Gasteiger partial charge in [0.1, 0.15) is 0 Å². The molecule has 1 saturated carbocycles. The van der Waals surface area contributed by atoms with Gasteiger partial charge in [-0.05, 0) is 32.1 Å². The summed E-state index contributed by atoms with van der Waals surface area (Å²) in [4.78, 5) is 12.0. The molecule has 0 heterocycles. The smallest absolute Gasteiger partial charge is 0.240 e. The number of nitrogens with zero attached hydrogens (tertiary/aromatic N) is 1. The molecule has 1 amide bonds. The summed E-state index contributed by atoms with van der Waals surface area (Å²) < 4.78 is 0. The maximum absolute atomic E-state index is 12.0. The van der Waals surface area contributed by atoms with Crippen LogP contribution in [0.15, 0.2) is 0 Å². The molecule has 0 spiro atoms. The van der Waals surface area contributed by atoms with Crippen LogP contribution in [-0.4, -0.2) is 17.5 Å². The molecule has 0 bridgehead atoms. The predicted octanol–water partition coefficient (Wildman–Crippen LogP) is 1.31. The highest BCUT2D eigenvalue weighted by molar-refractivity contribution is 5.86. The van der Waals surface area contributed by atoms with Gasteiger partial charge in [0.2, 0.25) is 5.91 Å². The van der Waals surface area contributed by atoms with E-state index in [1.54, 1.807) is 0 Å². The van der Waals surface area contributed by atoms with Crippen molar-refractivity contribution in [2.24, 2.45) is 11.7 Å². The van der Waals surface area contributed by atoms with Crippen LogP contribution in [0.5, 0.6) is 0 Å². The normalized spacial score (nSPS) is 25.1. The average molecular weight is 223 g/mol. The molecule has 1 aliphatic carbocycles. The predicted molar refractivity (Wildman–Crippen MR) is 62.4 cm³/mol. The summed E-state index contributed by atoms with van der Waals surface area (Å²) in [6.45, 7) is 3.83. The second-order valence-electron chi connectivity index (χ2n) is 4.61. The van der Waals surface area contributed by atoms with Crippen LogP contribution in [0.2, 0.25) is 0 Å².